The predicted molar refractivity (Wildman–Crippen MR) is 71.9 cm³/mol. The summed E-state index contributed by atoms with van der Waals surface area (Å²) in [4.78, 5) is 13.4. The van der Waals surface area contributed by atoms with E-state index in [1.54, 1.807) is 12.1 Å². The molecule has 2 atom stereocenters. The van der Waals surface area contributed by atoms with Gasteiger partial charge in [-0.15, -0.1) is 0 Å². The van der Waals surface area contributed by atoms with Crippen LogP contribution in [0.2, 0.25) is 5.02 Å². The van der Waals surface area contributed by atoms with Crippen LogP contribution in [0.1, 0.15) is 13.3 Å². The normalized spacial score (nSPS) is 20.4. The lowest BCUT2D eigenvalue weighted by atomic mass is 10.2. The molecule has 0 saturated carbocycles. The summed E-state index contributed by atoms with van der Waals surface area (Å²) in [7, 11) is 0. The molecule has 4 nitrogen and oxygen atoms in total. The Balaban J connectivity index is 1.98. The lowest BCUT2D eigenvalue weighted by Gasteiger charge is -2.19. The van der Waals surface area contributed by atoms with Crippen molar-refractivity contribution in [3.05, 3.63) is 29.0 Å². The molecule has 1 aromatic rings. The summed E-state index contributed by atoms with van der Waals surface area (Å²) in [5.41, 5.74) is 0.834. The zero-order chi connectivity index (χ0) is 14.0. The lowest BCUT2D eigenvalue weighted by molar-refractivity contribution is -0.129. The van der Waals surface area contributed by atoms with E-state index in [2.05, 4.69) is 5.32 Å². The zero-order valence-corrected chi connectivity index (χ0v) is 11.3. The van der Waals surface area contributed by atoms with Gasteiger partial charge in [0.15, 0.2) is 0 Å². The van der Waals surface area contributed by atoms with Gasteiger partial charge in [-0.1, -0.05) is 11.6 Å². The summed E-state index contributed by atoms with van der Waals surface area (Å²) >= 11 is 5.75. The minimum atomic E-state index is -1.01. The quantitative estimate of drug-likeness (QED) is 0.886. The van der Waals surface area contributed by atoms with Gasteiger partial charge in [-0.2, -0.15) is 0 Å². The molecule has 2 N–H and O–H groups in total. The van der Waals surface area contributed by atoms with Crippen molar-refractivity contribution in [3.8, 4) is 0 Å². The second-order valence-corrected chi connectivity index (χ2v) is 5.12. The van der Waals surface area contributed by atoms with Crippen molar-refractivity contribution in [2.45, 2.75) is 25.5 Å². The van der Waals surface area contributed by atoms with Gasteiger partial charge in [0.05, 0.1) is 5.02 Å². The molecule has 0 bridgehead atoms. The first kappa shape index (κ1) is 14.1. The number of carbonyl (C=O) groups excluding carboxylic acids is 1. The van der Waals surface area contributed by atoms with Gasteiger partial charge >= 0.3 is 0 Å². The zero-order valence-electron chi connectivity index (χ0n) is 10.6. The van der Waals surface area contributed by atoms with Gasteiger partial charge in [-0.05, 0) is 31.5 Å². The second-order valence-electron chi connectivity index (χ2n) is 4.71. The van der Waals surface area contributed by atoms with Crippen LogP contribution in [0.4, 0.5) is 10.1 Å². The molecule has 1 amide bonds. The number of hydrogen-bond acceptors (Lipinski definition) is 3. The summed E-state index contributed by atoms with van der Waals surface area (Å²) in [6.45, 7) is 2.81. The molecule has 104 valence electrons. The van der Waals surface area contributed by atoms with Gasteiger partial charge < -0.3 is 15.3 Å². The number of nitrogens with zero attached hydrogens (tertiary/aromatic N) is 1. The summed E-state index contributed by atoms with van der Waals surface area (Å²) in [6, 6.07) is 4.57. The Morgan fingerprint density at radius 3 is 3.00 bits per heavy atom. The molecule has 0 spiro atoms. The van der Waals surface area contributed by atoms with Crippen LogP contribution in [-0.4, -0.2) is 36.2 Å². The topological polar surface area (TPSA) is 52.6 Å². The third-order valence-electron chi connectivity index (χ3n) is 3.18. The highest BCUT2D eigenvalue weighted by atomic mass is 35.5. The third-order valence-corrected chi connectivity index (χ3v) is 3.47. The van der Waals surface area contributed by atoms with Crippen LogP contribution < -0.4 is 10.2 Å². The largest absolute Gasteiger partial charge is 0.384 e. The number of aliphatic hydroxyl groups excluding tert-OH is 1. The van der Waals surface area contributed by atoms with Gasteiger partial charge in [-0.3, -0.25) is 4.79 Å². The van der Waals surface area contributed by atoms with Crippen molar-refractivity contribution in [2.75, 3.05) is 18.0 Å². The number of rotatable bonds is 3. The van der Waals surface area contributed by atoms with Gasteiger partial charge in [0, 0.05) is 24.8 Å². The SMILES string of the molecule is CC(O)C(=O)NC1CCN(c2ccc(F)c(Cl)c2)C1. The number of amides is 1. The van der Waals surface area contributed by atoms with Crippen LogP contribution in [0, 0.1) is 5.82 Å². The Hall–Kier alpha value is -1.33. The van der Waals surface area contributed by atoms with Crippen LogP contribution in [0.5, 0.6) is 0 Å². The van der Waals surface area contributed by atoms with Gasteiger partial charge in [0.1, 0.15) is 11.9 Å². The standard InChI is InChI=1S/C13H16ClFN2O2/c1-8(18)13(19)16-9-4-5-17(7-9)10-2-3-12(15)11(14)6-10/h2-3,6,8-9,18H,4-5,7H2,1H3,(H,16,19). The number of hydrogen-bond donors (Lipinski definition) is 2. The fourth-order valence-electron chi connectivity index (χ4n) is 2.12. The van der Waals surface area contributed by atoms with Crippen molar-refractivity contribution in [2.24, 2.45) is 0 Å². The van der Waals surface area contributed by atoms with Crippen LogP contribution in [-0.2, 0) is 4.79 Å². The molecule has 1 heterocycles. The third kappa shape index (κ3) is 3.36. The highest BCUT2D eigenvalue weighted by molar-refractivity contribution is 6.31. The molecule has 0 radical (unpaired) electrons. The number of benzene rings is 1. The summed E-state index contributed by atoms with van der Waals surface area (Å²) < 4.78 is 13.1. The molecule has 2 rings (SSSR count). The monoisotopic (exact) mass is 286 g/mol. The van der Waals surface area contributed by atoms with Crippen molar-refractivity contribution < 1.29 is 14.3 Å². The van der Waals surface area contributed by atoms with E-state index in [1.807, 2.05) is 4.90 Å². The van der Waals surface area contributed by atoms with Crippen molar-refractivity contribution in [3.63, 3.8) is 0 Å². The minimum Gasteiger partial charge on any atom is -0.384 e. The van der Waals surface area contributed by atoms with E-state index < -0.39 is 11.9 Å². The van der Waals surface area contributed by atoms with E-state index in [1.165, 1.54) is 13.0 Å². The van der Waals surface area contributed by atoms with E-state index in [9.17, 15) is 9.18 Å². The smallest absolute Gasteiger partial charge is 0.248 e. The Labute approximate surface area is 116 Å². The Morgan fingerprint density at radius 1 is 1.63 bits per heavy atom. The highest BCUT2D eigenvalue weighted by Crippen LogP contribution is 2.25. The van der Waals surface area contributed by atoms with E-state index in [0.29, 0.717) is 6.54 Å². The van der Waals surface area contributed by atoms with Crippen LogP contribution in [0.3, 0.4) is 0 Å². The maximum Gasteiger partial charge on any atom is 0.248 e. The molecular weight excluding hydrogens is 271 g/mol. The molecule has 1 aliphatic heterocycles. The molecule has 1 aliphatic rings. The fourth-order valence-corrected chi connectivity index (χ4v) is 2.29. The molecule has 1 saturated heterocycles. The van der Waals surface area contributed by atoms with E-state index >= 15 is 0 Å². The first-order valence-electron chi connectivity index (χ1n) is 6.16. The Kier molecular flexibility index (Phi) is 4.27. The second kappa shape index (κ2) is 5.75. The summed E-state index contributed by atoms with van der Waals surface area (Å²) in [5.74, 6) is -0.812. The molecule has 0 aliphatic carbocycles. The molecule has 6 heteroatoms. The maximum absolute atomic E-state index is 13.1. The molecule has 1 aromatic carbocycles. The molecule has 1 fully saturated rings. The first-order chi connectivity index (χ1) is 8.97. The average Bonchev–Trinajstić information content (AvgIpc) is 2.81. The maximum atomic E-state index is 13.1. The molecule has 19 heavy (non-hydrogen) atoms. The van der Waals surface area contributed by atoms with Crippen LogP contribution in [0.15, 0.2) is 18.2 Å². The highest BCUT2D eigenvalue weighted by Gasteiger charge is 2.25. The van der Waals surface area contributed by atoms with Crippen molar-refractivity contribution in [1.29, 1.82) is 0 Å². The van der Waals surface area contributed by atoms with Gasteiger partial charge in [0.25, 0.3) is 0 Å². The average molecular weight is 287 g/mol. The minimum absolute atomic E-state index is 0.00840. The van der Waals surface area contributed by atoms with E-state index in [-0.39, 0.29) is 17.0 Å². The summed E-state index contributed by atoms with van der Waals surface area (Å²) in [6.07, 6.45) is -0.220. The van der Waals surface area contributed by atoms with Crippen molar-refractivity contribution in [1.82, 2.24) is 5.32 Å². The van der Waals surface area contributed by atoms with Gasteiger partial charge in [-0.25, -0.2) is 4.39 Å². The summed E-state index contributed by atoms with van der Waals surface area (Å²) in [5, 5.41) is 12.0. The predicted octanol–water partition coefficient (Wildman–Crippen LogP) is 1.55. The molecule has 0 aromatic heterocycles. The van der Waals surface area contributed by atoms with Gasteiger partial charge in [0.2, 0.25) is 5.91 Å². The first-order valence-corrected chi connectivity index (χ1v) is 6.53. The lowest BCUT2D eigenvalue weighted by Crippen LogP contribution is -2.41. The fraction of sp³-hybridized carbons (Fsp3) is 0.462. The van der Waals surface area contributed by atoms with E-state index in [0.717, 1.165) is 18.7 Å². The molecular formula is C13H16ClFN2O2. The number of aliphatic hydroxyl groups is 1. The Morgan fingerprint density at radius 2 is 2.37 bits per heavy atom. The Bertz CT molecular complexity index is 482. The van der Waals surface area contributed by atoms with Crippen LogP contribution in [0.25, 0.3) is 0 Å². The van der Waals surface area contributed by atoms with E-state index in [4.69, 9.17) is 16.7 Å². The number of anilines is 1. The number of nitrogens with one attached hydrogen (secondary N) is 1. The van der Waals surface area contributed by atoms with Crippen LogP contribution >= 0.6 is 11.6 Å². The number of carbonyl (C=O) groups is 1. The molecule has 2 unspecified atom stereocenters. The van der Waals surface area contributed by atoms with Crippen molar-refractivity contribution >= 4 is 23.2 Å². The number of halogens is 2.